The molecule has 1 aliphatic heterocycles. The molecule has 5 rings (SSSR count). The van der Waals surface area contributed by atoms with E-state index in [9.17, 15) is 4.79 Å². The second-order valence-electron chi connectivity index (χ2n) is 9.09. The number of hydrogen-bond donors (Lipinski definition) is 1. The Morgan fingerprint density at radius 2 is 1.57 bits per heavy atom. The van der Waals surface area contributed by atoms with Crippen molar-refractivity contribution in [1.29, 1.82) is 0 Å². The summed E-state index contributed by atoms with van der Waals surface area (Å²) in [5.74, 6) is 0.746. The van der Waals surface area contributed by atoms with Crippen LogP contribution in [0.1, 0.15) is 22.5 Å². The number of nitrogens with one attached hydrogen (secondary N) is 1. The van der Waals surface area contributed by atoms with E-state index in [1.807, 2.05) is 73.7 Å². The summed E-state index contributed by atoms with van der Waals surface area (Å²) in [7, 11) is 0. The fourth-order valence-corrected chi connectivity index (χ4v) is 4.86. The van der Waals surface area contributed by atoms with Gasteiger partial charge in [0.1, 0.15) is 5.52 Å². The Hall–Kier alpha value is -3.65. The fraction of sp³-hybridized carbons (Fsp3) is 0.308. The minimum Gasteiger partial charge on any atom is -0.350 e. The number of carbonyl (C=O) groups excluding carboxylic acids is 1. The van der Waals surface area contributed by atoms with Gasteiger partial charge in [0.2, 0.25) is 0 Å². The van der Waals surface area contributed by atoms with Gasteiger partial charge in [0.05, 0.1) is 22.5 Å². The maximum Gasteiger partial charge on any atom is 0.321 e. The topological polar surface area (TPSA) is 79.2 Å². The van der Waals surface area contributed by atoms with Gasteiger partial charge in [-0.15, -0.1) is 5.10 Å². The van der Waals surface area contributed by atoms with Crippen molar-refractivity contribution in [3.63, 3.8) is 0 Å². The molecule has 2 amide bonds. The molecule has 0 bridgehead atoms. The summed E-state index contributed by atoms with van der Waals surface area (Å²) in [5, 5.41) is 18.6. The minimum atomic E-state index is -0.0855. The Balaban J connectivity index is 1.36. The van der Waals surface area contributed by atoms with Crippen LogP contribution in [0.5, 0.6) is 0 Å². The zero-order valence-corrected chi connectivity index (χ0v) is 21.1. The van der Waals surface area contributed by atoms with Gasteiger partial charge in [0.15, 0.2) is 5.82 Å². The van der Waals surface area contributed by atoms with Crippen molar-refractivity contribution in [3.8, 4) is 5.69 Å². The van der Waals surface area contributed by atoms with Crippen molar-refractivity contribution in [3.05, 3.63) is 70.0 Å². The molecule has 4 aromatic rings. The van der Waals surface area contributed by atoms with Gasteiger partial charge in [-0.1, -0.05) is 17.7 Å². The highest BCUT2D eigenvalue weighted by Crippen LogP contribution is 2.30. The molecule has 1 aliphatic rings. The highest BCUT2D eigenvalue weighted by atomic mass is 35.5. The maximum atomic E-state index is 12.9. The largest absolute Gasteiger partial charge is 0.350 e. The third-order valence-electron chi connectivity index (χ3n) is 6.40. The van der Waals surface area contributed by atoms with Gasteiger partial charge in [-0.25, -0.2) is 9.48 Å². The highest BCUT2D eigenvalue weighted by Gasteiger charge is 2.26. The van der Waals surface area contributed by atoms with Crippen molar-refractivity contribution in [1.82, 2.24) is 24.9 Å². The number of carbonyl (C=O) groups is 1. The molecule has 0 unspecified atom stereocenters. The predicted molar refractivity (Wildman–Crippen MR) is 140 cm³/mol. The minimum absolute atomic E-state index is 0.0855. The number of halogens is 1. The van der Waals surface area contributed by atoms with Gasteiger partial charge in [0.25, 0.3) is 0 Å². The molecule has 1 fully saturated rings. The van der Waals surface area contributed by atoms with Crippen LogP contribution in [0.3, 0.4) is 0 Å². The van der Waals surface area contributed by atoms with E-state index in [-0.39, 0.29) is 6.03 Å². The number of piperazine rings is 1. The molecule has 1 saturated heterocycles. The fourth-order valence-electron chi connectivity index (χ4n) is 4.73. The summed E-state index contributed by atoms with van der Waals surface area (Å²) >= 11 is 6.07. The quantitative estimate of drug-likeness (QED) is 0.435. The van der Waals surface area contributed by atoms with Crippen LogP contribution in [-0.2, 0) is 0 Å². The molecule has 0 spiro atoms. The van der Waals surface area contributed by atoms with Crippen LogP contribution in [0.4, 0.5) is 16.3 Å². The molecule has 2 aromatic carbocycles. The summed E-state index contributed by atoms with van der Waals surface area (Å²) in [6.45, 7) is 10.5. The van der Waals surface area contributed by atoms with Crippen molar-refractivity contribution < 1.29 is 4.79 Å². The van der Waals surface area contributed by atoms with Gasteiger partial charge in [-0.3, -0.25) is 0 Å². The van der Waals surface area contributed by atoms with Crippen LogP contribution in [0.2, 0.25) is 5.02 Å². The first-order chi connectivity index (χ1) is 16.8. The zero-order chi connectivity index (χ0) is 24.7. The number of amides is 2. The smallest absolute Gasteiger partial charge is 0.321 e. The first kappa shape index (κ1) is 23.1. The molecule has 0 radical (unpaired) electrons. The number of anilines is 2. The third-order valence-corrected chi connectivity index (χ3v) is 6.65. The van der Waals surface area contributed by atoms with Crippen LogP contribution in [0.15, 0.2) is 42.5 Å². The number of benzene rings is 2. The lowest BCUT2D eigenvalue weighted by Gasteiger charge is -2.35. The molecule has 8 nitrogen and oxygen atoms in total. The average Bonchev–Trinajstić information content (AvgIpc) is 3.17. The average molecular weight is 490 g/mol. The SMILES string of the molecule is Cc1cc(C)cc(NC(=O)N2CCN(c3nnc(C)c4c(C)n(-c5ccc(Cl)cc5)nc34)CC2)c1. The molecule has 3 heterocycles. The van der Waals surface area contributed by atoms with Crippen LogP contribution in [0, 0.1) is 27.7 Å². The molecule has 9 heteroatoms. The number of rotatable bonds is 3. The van der Waals surface area contributed by atoms with Crippen molar-refractivity contribution in [2.24, 2.45) is 0 Å². The van der Waals surface area contributed by atoms with Gasteiger partial charge < -0.3 is 15.1 Å². The van der Waals surface area contributed by atoms with Gasteiger partial charge in [-0.2, -0.15) is 10.2 Å². The normalized spacial score (nSPS) is 14.0. The van der Waals surface area contributed by atoms with Gasteiger partial charge >= 0.3 is 6.03 Å². The van der Waals surface area contributed by atoms with Gasteiger partial charge in [-0.05, 0) is 75.2 Å². The van der Waals surface area contributed by atoms with Crippen LogP contribution < -0.4 is 10.2 Å². The Morgan fingerprint density at radius 3 is 2.23 bits per heavy atom. The maximum absolute atomic E-state index is 12.9. The zero-order valence-electron chi connectivity index (χ0n) is 20.3. The number of aromatic nitrogens is 4. The van der Waals surface area contributed by atoms with E-state index < -0.39 is 0 Å². The molecule has 2 aromatic heterocycles. The van der Waals surface area contributed by atoms with Gasteiger partial charge in [0, 0.05) is 36.9 Å². The predicted octanol–water partition coefficient (Wildman–Crippen LogP) is 5.06. The monoisotopic (exact) mass is 489 g/mol. The molecule has 0 aliphatic carbocycles. The Kier molecular flexibility index (Phi) is 6.06. The lowest BCUT2D eigenvalue weighted by atomic mass is 10.1. The van der Waals surface area contributed by atoms with E-state index >= 15 is 0 Å². The molecule has 0 saturated carbocycles. The molecular weight excluding hydrogens is 462 g/mol. The van der Waals surface area contributed by atoms with Crippen LogP contribution >= 0.6 is 11.6 Å². The second kappa shape index (κ2) is 9.19. The summed E-state index contributed by atoms with van der Waals surface area (Å²) in [6, 6.07) is 13.6. The van der Waals surface area contributed by atoms with E-state index in [1.165, 1.54) is 0 Å². The Bertz CT molecular complexity index is 1390. The van der Waals surface area contributed by atoms with Crippen molar-refractivity contribution >= 4 is 40.0 Å². The summed E-state index contributed by atoms with van der Waals surface area (Å²) < 4.78 is 1.91. The summed E-state index contributed by atoms with van der Waals surface area (Å²) in [6.07, 6.45) is 0. The second-order valence-corrected chi connectivity index (χ2v) is 9.52. The Morgan fingerprint density at radius 1 is 0.914 bits per heavy atom. The number of hydrogen-bond acceptors (Lipinski definition) is 5. The van der Waals surface area contributed by atoms with Crippen molar-refractivity contribution in [2.75, 3.05) is 36.4 Å². The molecule has 1 N–H and O–H groups in total. The Labute approximate surface area is 209 Å². The number of urea groups is 1. The summed E-state index contributed by atoms with van der Waals surface area (Å²) in [4.78, 5) is 16.9. The van der Waals surface area contributed by atoms with Crippen LogP contribution in [-0.4, -0.2) is 57.1 Å². The first-order valence-electron chi connectivity index (χ1n) is 11.7. The lowest BCUT2D eigenvalue weighted by Crippen LogP contribution is -2.50. The van der Waals surface area contributed by atoms with E-state index in [2.05, 4.69) is 26.5 Å². The first-order valence-corrected chi connectivity index (χ1v) is 12.1. The van der Waals surface area contributed by atoms with Crippen molar-refractivity contribution in [2.45, 2.75) is 27.7 Å². The summed E-state index contributed by atoms with van der Waals surface area (Å²) in [5.41, 5.74) is 6.67. The van der Waals surface area contributed by atoms with E-state index in [4.69, 9.17) is 16.7 Å². The highest BCUT2D eigenvalue weighted by molar-refractivity contribution is 6.30. The van der Waals surface area contributed by atoms with E-state index in [0.29, 0.717) is 31.2 Å². The van der Waals surface area contributed by atoms with E-state index in [0.717, 1.165) is 50.6 Å². The molecule has 0 atom stereocenters. The standard InChI is InChI=1S/C26H28ClN7O/c1-16-13-17(2)15-21(14-16)28-26(35)33-11-9-32(10-12-33)25-24-23(18(3)29-30-25)19(4)34(31-24)22-7-5-20(27)6-8-22/h5-8,13-15H,9-12H2,1-4H3,(H,28,35). The number of nitrogens with zero attached hydrogens (tertiary/aromatic N) is 6. The van der Waals surface area contributed by atoms with E-state index in [1.54, 1.807) is 0 Å². The third kappa shape index (κ3) is 4.53. The number of aryl methyl sites for hydroxylation is 4. The molecular formula is C26H28ClN7O. The lowest BCUT2D eigenvalue weighted by molar-refractivity contribution is 0.208. The molecule has 180 valence electrons. The molecule has 35 heavy (non-hydrogen) atoms. The number of fused-ring (bicyclic) bond motifs is 1. The van der Waals surface area contributed by atoms with Crippen LogP contribution in [0.25, 0.3) is 16.6 Å².